The largest absolute Gasteiger partial charge is 0.357 e. The number of nitrogens with one attached hydrogen (secondary N) is 1. The lowest BCUT2D eigenvalue weighted by atomic mass is 9.89. The zero-order chi connectivity index (χ0) is 11.2. The molecule has 1 N–H and O–H groups in total. The van der Waals surface area contributed by atoms with Crippen molar-refractivity contribution in [2.24, 2.45) is 5.92 Å². The van der Waals surface area contributed by atoms with Crippen molar-refractivity contribution >= 4 is 6.41 Å². The van der Waals surface area contributed by atoms with Crippen molar-refractivity contribution < 1.29 is 4.79 Å². The summed E-state index contributed by atoms with van der Waals surface area (Å²) in [6.45, 7) is 3.35. The van der Waals surface area contributed by atoms with E-state index in [1.807, 2.05) is 0 Å². The van der Waals surface area contributed by atoms with Gasteiger partial charge in [0, 0.05) is 19.1 Å². The van der Waals surface area contributed by atoms with Crippen LogP contribution in [0, 0.1) is 5.92 Å². The molecule has 2 fully saturated rings. The summed E-state index contributed by atoms with van der Waals surface area (Å²) in [6, 6.07) is 0.604. The molecule has 92 valence electrons. The molecule has 1 aliphatic heterocycles. The van der Waals surface area contributed by atoms with Gasteiger partial charge < -0.3 is 5.32 Å². The summed E-state index contributed by atoms with van der Waals surface area (Å²) in [5.41, 5.74) is 0. The maximum atomic E-state index is 10.3. The first-order valence-corrected chi connectivity index (χ1v) is 6.81. The summed E-state index contributed by atoms with van der Waals surface area (Å²) in [5, 5.41) is 2.84. The molecule has 1 heterocycles. The summed E-state index contributed by atoms with van der Waals surface area (Å²) in [4.78, 5) is 12.9. The topological polar surface area (TPSA) is 32.3 Å². The van der Waals surface area contributed by atoms with Gasteiger partial charge in [0.25, 0.3) is 0 Å². The maximum Gasteiger partial charge on any atom is 0.207 e. The summed E-state index contributed by atoms with van der Waals surface area (Å²) >= 11 is 0. The van der Waals surface area contributed by atoms with Gasteiger partial charge in [-0.25, -0.2) is 0 Å². The zero-order valence-corrected chi connectivity index (χ0v) is 10.2. The quantitative estimate of drug-likeness (QED) is 0.722. The standard InChI is InChI=1S/C13H24N2O/c16-11-14-9-13-7-4-8-15(13)10-12-5-2-1-3-6-12/h11-13H,1-10H2,(H,14,16). The van der Waals surface area contributed by atoms with E-state index in [1.165, 1.54) is 58.0 Å². The van der Waals surface area contributed by atoms with Crippen molar-refractivity contribution in [3.05, 3.63) is 0 Å². The van der Waals surface area contributed by atoms with Crippen LogP contribution >= 0.6 is 0 Å². The number of rotatable bonds is 5. The van der Waals surface area contributed by atoms with Crippen LogP contribution in [0.25, 0.3) is 0 Å². The van der Waals surface area contributed by atoms with Crippen LogP contribution < -0.4 is 5.32 Å². The molecule has 0 aromatic carbocycles. The minimum absolute atomic E-state index is 0.604. The van der Waals surface area contributed by atoms with Gasteiger partial charge in [-0.2, -0.15) is 0 Å². The molecule has 2 rings (SSSR count). The number of hydrogen-bond acceptors (Lipinski definition) is 2. The number of hydrogen-bond donors (Lipinski definition) is 1. The van der Waals surface area contributed by atoms with Gasteiger partial charge in [-0.1, -0.05) is 19.3 Å². The third-order valence-corrected chi connectivity index (χ3v) is 4.15. The molecule has 2 aliphatic rings. The molecular weight excluding hydrogens is 200 g/mol. The lowest BCUT2D eigenvalue weighted by Gasteiger charge is -2.30. The van der Waals surface area contributed by atoms with E-state index in [2.05, 4.69) is 10.2 Å². The Morgan fingerprint density at radius 1 is 1.12 bits per heavy atom. The van der Waals surface area contributed by atoms with E-state index in [9.17, 15) is 4.79 Å². The normalized spacial score (nSPS) is 28.1. The monoisotopic (exact) mass is 224 g/mol. The SMILES string of the molecule is O=CNCC1CCCN1CC1CCCCC1. The van der Waals surface area contributed by atoms with E-state index in [0.717, 1.165) is 18.9 Å². The lowest BCUT2D eigenvalue weighted by molar-refractivity contribution is -0.109. The van der Waals surface area contributed by atoms with E-state index >= 15 is 0 Å². The van der Waals surface area contributed by atoms with Gasteiger partial charge in [-0.3, -0.25) is 9.69 Å². The first-order valence-electron chi connectivity index (χ1n) is 6.81. The Labute approximate surface area is 98.6 Å². The van der Waals surface area contributed by atoms with Crippen LogP contribution in [0.4, 0.5) is 0 Å². The van der Waals surface area contributed by atoms with Crippen molar-refractivity contribution in [1.82, 2.24) is 10.2 Å². The van der Waals surface area contributed by atoms with Crippen LogP contribution in [0.5, 0.6) is 0 Å². The number of nitrogens with zero attached hydrogens (tertiary/aromatic N) is 1. The van der Waals surface area contributed by atoms with Crippen LogP contribution in [-0.2, 0) is 4.79 Å². The molecule has 3 nitrogen and oxygen atoms in total. The van der Waals surface area contributed by atoms with Crippen molar-refractivity contribution in [3.8, 4) is 0 Å². The fourth-order valence-corrected chi connectivity index (χ4v) is 3.25. The van der Waals surface area contributed by atoms with E-state index in [-0.39, 0.29) is 0 Å². The van der Waals surface area contributed by atoms with Gasteiger partial charge in [-0.15, -0.1) is 0 Å². The molecule has 0 aromatic rings. The molecule has 16 heavy (non-hydrogen) atoms. The third kappa shape index (κ3) is 3.21. The smallest absolute Gasteiger partial charge is 0.207 e. The molecule has 0 bridgehead atoms. The Balaban J connectivity index is 1.75. The van der Waals surface area contributed by atoms with Crippen LogP contribution in [-0.4, -0.2) is 37.0 Å². The van der Waals surface area contributed by atoms with Gasteiger partial charge in [0.1, 0.15) is 0 Å². The highest BCUT2D eigenvalue weighted by Crippen LogP contribution is 2.27. The predicted octanol–water partition coefficient (Wildman–Crippen LogP) is 1.78. The van der Waals surface area contributed by atoms with Gasteiger partial charge in [0.2, 0.25) is 6.41 Å². The number of amides is 1. The molecule has 1 saturated heterocycles. The number of carbonyl (C=O) groups is 1. The van der Waals surface area contributed by atoms with Crippen molar-refractivity contribution in [2.45, 2.75) is 51.0 Å². The summed E-state index contributed by atoms with van der Waals surface area (Å²) in [5.74, 6) is 0.922. The van der Waals surface area contributed by atoms with Gasteiger partial charge in [-0.05, 0) is 38.1 Å². The number of carbonyl (C=O) groups excluding carboxylic acids is 1. The third-order valence-electron chi connectivity index (χ3n) is 4.15. The molecule has 0 spiro atoms. The van der Waals surface area contributed by atoms with Crippen molar-refractivity contribution in [3.63, 3.8) is 0 Å². The molecule has 1 atom stereocenters. The Kier molecular flexibility index (Phi) is 4.64. The van der Waals surface area contributed by atoms with E-state index in [0.29, 0.717) is 6.04 Å². The first kappa shape index (κ1) is 11.9. The zero-order valence-electron chi connectivity index (χ0n) is 10.2. The minimum atomic E-state index is 0.604. The molecule has 1 saturated carbocycles. The Morgan fingerprint density at radius 3 is 2.69 bits per heavy atom. The Bertz CT molecular complexity index is 214. The molecule has 1 unspecified atom stereocenters. The fraction of sp³-hybridized carbons (Fsp3) is 0.923. The maximum absolute atomic E-state index is 10.3. The van der Waals surface area contributed by atoms with E-state index in [4.69, 9.17) is 0 Å². The van der Waals surface area contributed by atoms with Gasteiger partial charge in [0.05, 0.1) is 0 Å². The number of likely N-dealkylation sites (tertiary alicyclic amines) is 1. The molecule has 1 aliphatic carbocycles. The second-order valence-corrected chi connectivity index (χ2v) is 5.32. The molecule has 3 heteroatoms. The summed E-state index contributed by atoms with van der Waals surface area (Å²) < 4.78 is 0. The minimum Gasteiger partial charge on any atom is -0.357 e. The second kappa shape index (κ2) is 6.24. The van der Waals surface area contributed by atoms with Crippen molar-refractivity contribution in [2.75, 3.05) is 19.6 Å². The van der Waals surface area contributed by atoms with Crippen LogP contribution in [0.15, 0.2) is 0 Å². The van der Waals surface area contributed by atoms with Gasteiger partial charge in [0.15, 0.2) is 0 Å². The fourth-order valence-electron chi connectivity index (χ4n) is 3.25. The highest BCUT2D eigenvalue weighted by Gasteiger charge is 2.26. The van der Waals surface area contributed by atoms with Crippen LogP contribution in [0.1, 0.15) is 44.9 Å². The van der Waals surface area contributed by atoms with Crippen LogP contribution in [0.3, 0.4) is 0 Å². The first-order chi connectivity index (χ1) is 7.90. The molecular formula is C13H24N2O. The second-order valence-electron chi connectivity index (χ2n) is 5.32. The van der Waals surface area contributed by atoms with Gasteiger partial charge >= 0.3 is 0 Å². The van der Waals surface area contributed by atoms with E-state index in [1.54, 1.807) is 0 Å². The Hall–Kier alpha value is -0.570. The average molecular weight is 224 g/mol. The molecule has 1 amide bonds. The lowest BCUT2D eigenvalue weighted by Crippen LogP contribution is -2.40. The predicted molar refractivity (Wildman–Crippen MR) is 65.2 cm³/mol. The molecule has 0 radical (unpaired) electrons. The highest BCUT2D eigenvalue weighted by atomic mass is 16.1. The summed E-state index contributed by atoms with van der Waals surface area (Å²) in [7, 11) is 0. The Morgan fingerprint density at radius 2 is 1.94 bits per heavy atom. The average Bonchev–Trinajstić information content (AvgIpc) is 2.75. The molecule has 0 aromatic heterocycles. The summed E-state index contributed by atoms with van der Waals surface area (Å²) in [6.07, 6.45) is 10.5. The van der Waals surface area contributed by atoms with E-state index < -0.39 is 0 Å². The highest BCUT2D eigenvalue weighted by molar-refractivity contribution is 5.45. The van der Waals surface area contributed by atoms with Crippen molar-refractivity contribution in [1.29, 1.82) is 0 Å². The van der Waals surface area contributed by atoms with Crippen LogP contribution in [0.2, 0.25) is 0 Å².